The average molecular weight is 490 g/mol. The second kappa shape index (κ2) is 9.38. The number of rotatable bonds is 6. The lowest BCUT2D eigenvalue weighted by atomic mass is 10.0. The zero-order chi connectivity index (χ0) is 26.1. The van der Waals surface area contributed by atoms with E-state index < -0.39 is 40.3 Å². The molecule has 1 saturated heterocycles. The second-order valence-electron chi connectivity index (χ2n) is 8.21. The molecule has 1 heterocycles. The zero-order valence-corrected chi connectivity index (χ0v) is 19.2. The van der Waals surface area contributed by atoms with E-state index in [4.69, 9.17) is 10.00 Å². The number of ether oxygens (including phenoxy) is 1. The molecule has 2 aromatic rings. The van der Waals surface area contributed by atoms with E-state index in [1.54, 1.807) is 24.3 Å². The molecule has 2 aromatic carbocycles. The molecule has 0 spiro atoms. The average Bonchev–Trinajstić information content (AvgIpc) is 2.97. The third kappa shape index (κ3) is 4.70. The molecular formula is C24H22F4N4O3. The Morgan fingerprint density at radius 1 is 1.20 bits per heavy atom. The van der Waals surface area contributed by atoms with Crippen molar-refractivity contribution in [1.29, 1.82) is 5.26 Å². The summed E-state index contributed by atoms with van der Waals surface area (Å²) in [5.74, 6) is -2.76. The van der Waals surface area contributed by atoms with Crippen molar-refractivity contribution in [1.82, 2.24) is 5.32 Å². The van der Waals surface area contributed by atoms with Gasteiger partial charge in [-0.2, -0.15) is 18.4 Å². The van der Waals surface area contributed by atoms with Gasteiger partial charge in [-0.15, -0.1) is 0 Å². The number of nitrogens with zero attached hydrogens (tertiary/aromatic N) is 3. The van der Waals surface area contributed by atoms with E-state index >= 15 is 4.39 Å². The van der Waals surface area contributed by atoms with E-state index in [9.17, 15) is 22.8 Å². The fourth-order valence-corrected chi connectivity index (χ4v) is 3.81. The predicted molar refractivity (Wildman–Crippen MR) is 119 cm³/mol. The number of carbonyl (C=O) groups excluding carboxylic acids is 2. The van der Waals surface area contributed by atoms with E-state index in [-0.39, 0.29) is 24.9 Å². The first-order chi connectivity index (χ1) is 16.3. The maximum atomic E-state index is 15.1. The maximum absolute atomic E-state index is 15.1. The Morgan fingerprint density at radius 2 is 1.83 bits per heavy atom. The van der Waals surface area contributed by atoms with Crippen molar-refractivity contribution in [3.05, 3.63) is 71.3 Å². The number of hydrogen-bond donors (Lipinski definition) is 1. The van der Waals surface area contributed by atoms with Crippen LogP contribution < -0.4 is 15.1 Å². The van der Waals surface area contributed by atoms with Crippen molar-refractivity contribution >= 4 is 23.2 Å². The minimum Gasteiger partial charge on any atom is -0.367 e. The molecule has 2 amide bonds. The fourth-order valence-electron chi connectivity index (χ4n) is 3.81. The highest BCUT2D eigenvalue weighted by atomic mass is 19.4. The van der Waals surface area contributed by atoms with E-state index in [1.807, 2.05) is 0 Å². The summed E-state index contributed by atoms with van der Waals surface area (Å²) in [4.78, 5) is 26.8. The van der Waals surface area contributed by atoms with Gasteiger partial charge in [-0.1, -0.05) is 18.7 Å². The first-order valence-corrected chi connectivity index (χ1v) is 10.3. The van der Waals surface area contributed by atoms with Crippen LogP contribution in [0.2, 0.25) is 0 Å². The smallest absolute Gasteiger partial charge is 0.367 e. The molecule has 3 rings (SSSR count). The molecule has 0 radical (unpaired) electrons. The highest BCUT2D eigenvalue weighted by Gasteiger charge is 2.50. The topological polar surface area (TPSA) is 85.7 Å². The number of halogens is 4. The lowest BCUT2D eigenvalue weighted by Crippen LogP contribution is -2.43. The first-order valence-electron chi connectivity index (χ1n) is 10.3. The van der Waals surface area contributed by atoms with Gasteiger partial charge < -0.3 is 15.0 Å². The van der Waals surface area contributed by atoms with Crippen LogP contribution in [0, 0.1) is 17.1 Å². The minimum atomic E-state index is -5.14. The van der Waals surface area contributed by atoms with Gasteiger partial charge >= 0.3 is 6.18 Å². The van der Waals surface area contributed by atoms with Crippen LogP contribution in [0.1, 0.15) is 30.5 Å². The van der Waals surface area contributed by atoms with Crippen LogP contribution in [-0.2, 0) is 27.1 Å². The number of nitriles is 1. The number of benzene rings is 2. The van der Waals surface area contributed by atoms with Crippen molar-refractivity contribution in [2.45, 2.75) is 32.2 Å². The van der Waals surface area contributed by atoms with Gasteiger partial charge in [0, 0.05) is 12.7 Å². The molecule has 1 aliphatic rings. The van der Waals surface area contributed by atoms with E-state index in [1.165, 1.54) is 31.9 Å². The van der Waals surface area contributed by atoms with Crippen molar-refractivity contribution in [3.63, 3.8) is 0 Å². The number of hydrogen-bond acceptors (Lipinski definition) is 5. The SMILES string of the molecule is C=C1N(c2ccc(C#N)c(C(F)(F)F)c2F)C(=O)C(C)(C)N1c1ccc(COCC(=O)NC)cc1. The molecule has 7 nitrogen and oxygen atoms in total. The summed E-state index contributed by atoms with van der Waals surface area (Å²) in [6, 6.07) is 9.81. The van der Waals surface area contributed by atoms with Crippen LogP contribution in [0.15, 0.2) is 48.8 Å². The van der Waals surface area contributed by atoms with Gasteiger partial charge in [0.2, 0.25) is 5.91 Å². The zero-order valence-electron chi connectivity index (χ0n) is 19.2. The highest BCUT2D eigenvalue weighted by molar-refractivity contribution is 6.09. The molecule has 0 aromatic heterocycles. The Hall–Kier alpha value is -3.91. The largest absolute Gasteiger partial charge is 0.420 e. The first kappa shape index (κ1) is 25.7. The molecule has 1 fully saturated rings. The lowest BCUT2D eigenvalue weighted by molar-refractivity contribution is -0.140. The molecule has 0 aliphatic carbocycles. The van der Waals surface area contributed by atoms with Crippen LogP contribution >= 0.6 is 0 Å². The summed E-state index contributed by atoms with van der Waals surface area (Å²) < 4.78 is 60.8. The molecule has 1 N–H and O–H groups in total. The number of nitrogens with one attached hydrogen (secondary N) is 1. The number of anilines is 2. The van der Waals surface area contributed by atoms with Gasteiger partial charge in [0.05, 0.1) is 23.9 Å². The van der Waals surface area contributed by atoms with Crippen LogP contribution in [0.5, 0.6) is 0 Å². The van der Waals surface area contributed by atoms with Gasteiger partial charge in [-0.3, -0.25) is 14.5 Å². The van der Waals surface area contributed by atoms with Gasteiger partial charge in [-0.05, 0) is 43.7 Å². The number of alkyl halides is 3. The van der Waals surface area contributed by atoms with Gasteiger partial charge in [0.1, 0.15) is 23.5 Å². The van der Waals surface area contributed by atoms with Crippen LogP contribution in [0.4, 0.5) is 28.9 Å². The molecule has 184 valence electrons. The highest BCUT2D eigenvalue weighted by Crippen LogP contribution is 2.44. The summed E-state index contributed by atoms with van der Waals surface area (Å²) in [6.07, 6.45) is -5.14. The molecule has 0 saturated carbocycles. The summed E-state index contributed by atoms with van der Waals surface area (Å²) in [5, 5.41) is 11.4. The van der Waals surface area contributed by atoms with Crippen molar-refractivity contribution in [2.24, 2.45) is 0 Å². The van der Waals surface area contributed by atoms with E-state index in [2.05, 4.69) is 11.9 Å². The summed E-state index contributed by atoms with van der Waals surface area (Å²) in [5.41, 5.74) is -3.38. The third-order valence-corrected chi connectivity index (χ3v) is 5.54. The summed E-state index contributed by atoms with van der Waals surface area (Å²) >= 11 is 0. The quantitative estimate of drug-likeness (QED) is 0.617. The predicted octanol–water partition coefficient (Wildman–Crippen LogP) is 4.08. The number of amides is 2. The summed E-state index contributed by atoms with van der Waals surface area (Å²) in [7, 11) is 1.49. The normalized spacial score (nSPS) is 15.4. The van der Waals surface area contributed by atoms with Gasteiger partial charge in [0.15, 0.2) is 5.82 Å². The van der Waals surface area contributed by atoms with Gasteiger partial charge in [-0.25, -0.2) is 4.39 Å². The molecular weight excluding hydrogens is 468 g/mol. The van der Waals surface area contributed by atoms with Crippen LogP contribution in [0.25, 0.3) is 0 Å². The Bertz CT molecular complexity index is 1220. The van der Waals surface area contributed by atoms with Gasteiger partial charge in [0.25, 0.3) is 5.91 Å². The fraction of sp³-hybridized carbons (Fsp3) is 0.292. The molecule has 35 heavy (non-hydrogen) atoms. The van der Waals surface area contributed by atoms with Crippen molar-refractivity contribution in [3.8, 4) is 6.07 Å². The minimum absolute atomic E-state index is 0.0552. The molecule has 0 unspecified atom stereocenters. The summed E-state index contributed by atoms with van der Waals surface area (Å²) in [6.45, 7) is 6.95. The van der Waals surface area contributed by atoms with E-state index in [0.717, 1.165) is 22.6 Å². The Morgan fingerprint density at radius 3 is 2.37 bits per heavy atom. The Balaban J connectivity index is 1.95. The molecule has 1 aliphatic heterocycles. The lowest BCUT2D eigenvalue weighted by Gasteiger charge is -2.30. The second-order valence-corrected chi connectivity index (χ2v) is 8.21. The van der Waals surface area contributed by atoms with E-state index in [0.29, 0.717) is 5.69 Å². The molecule has 0 bridgehead atoms. The third-order valence-electron chi connectivity index (χ3n) is 5.54. The standard InChI is InChI=1S/C24H22F4N4O3/c1-14-31(18-10-7-16(11-29)20(21(18)25)24(26,27)28)22(34)23(2,3)32(14)17-8-5-15(6-9-17)12-35-13-19(33)30-4/h5-10H,1,12-13H2,2-4H3,(H,30,33). The van der Waals surface area contributed by atoms with Crippen molar-refractivity contribution in [2.75, 3.05) is 23.5 Å². The maximum Gasteiger partial charge on any atom is 0.420 e. The Labute approximate surface area is 199 Å². The molecule has 11 heteroatoms. The van der Waals surface area contributed by atoms with Crippen LogP contribution in [-0.4, -0.2) is 31.0 Å². The number of carbonyl (C=O) groups is 2. The molecule has 0 atom stereocenters. The van der Waals surface area contributed by atoms with Crippen molar-refractivity contribution < 1.29 is 31.9 Å². The Kier molecular flexibility index (Phi) is 6.89. The monoisotopic (exact) mass is 490 g/mol. The number of likely N-dealkylation sites (N-methyl/N-ethyl adjacent to an activating group) is 1. The van der Waals surface area contributed by atoms with Crippen LogP contribution in [0.3, 0.4) is 0 Å².